The van der Waals surface area contributed by atoms with Crippen molar-refractivity contribution in [2.24, 2.45) is 5.92 Å². The summed E-state index contributed by atoms with van der Waals surface area (Å²) < 4.78 is 5.71. The van der Waals surface area contributed by atoms with Gasteiger partial charge in [0.2, 0.25) is 0 Å². The van der Waals surface area contributed by atoms with Crippen molar-refractivity contribution in [3.63, 3.8) is 0 Å². The Morgan fingerprint density at radius 3 is 2.38 bits per heavy atom. The Morgan fingerprint density at radius 1 is 1.08 bits per heavy atom. The van der Waals surface area contributed by atoms with Crippen LogP contribution in [0.2, 0.25) is 0 Å². The molecular formula is C21H31NO2. The number of nitrogens with zero attached hydrogens (tertiary/aromatic N) is 1. The van der Waals surface area contributed by atoms with Gasteiger partial charge in [-0.3, -0.25) is 0 Å². The van der Waals surface area contributed by atoms with Gasteiger partial charge in [-0.05, 0) is 61.5 Å². The van der Waals surface area contributed by atoms with Gasteiger partial charge < -0.3 is 14.7 Å². The fourth-order valence-electron chi connectivity index (χ4n) is 3.34. The number of fused-ring (bicyclic) bond motifs is 1. The van der Waals surface area contributed by atoms with Crippen molar-refractivity contribution < 1.29 is 9.84 Å². The molecule has 2 aromatic rings. The van der Waals surface area contributed by atoms with Crippen LogP contribution in [0.25, 0.3) is 10.8 Å². The van der Waals surface area contributed by atoms with Crippen LogP contribution < -0.4 is 4.74 Å². The lowest BCUT2D eigenvalue weighted by Gasteiger charge is -2.35. The molecule has 0 aromatic heterocycles. The van der Waals surface area contributed by atoms with Gasteiger partial charge in [0.15, 0.2) is 0 Å². The highest BCUT2D eigenvalue weighted by Gasteiger charge is 2.34. The van der Waals surface area contributed by atoms with E-state index in [9.17, 15) is 5.11 Å². The Bertz CT molecular complexity index is 668. The van der Waals surface area contributed by atoms with Crippen molar-refractivity contribution in [3.8, 4) is 5.75 Å². The molecule has 2 rings (SSSR count). The van der Waals surface area contributed by atoms with E-state index in [-0.39, 0.29) is 5.92 Å². The molecule has 0 bridgehead atoms. The standard InChI is InChI=1S/C21H31NO2/c1-6-12-24-20-11-9-17-13-19(10-8-18(17)14-20)21(23,7-2)16(3)15-22(4)5/h8-11,13-14,16,23H,6-7,12,15H2,1-5H3. The van der Waals surface area contributed by atoms with Gasteiger partial charge in [0.1, 0.15) is 5.75 Å². The molecule has 0 spiro atoms. The van der Waals surface area contributed by atoms with Crippen LogP contribution in [0, 0.1) is 5.92 Å². The van der Waals surface area contributed by atoms with Crippen LogP contribution in [-0.4, -0.2) is 37.3 Å². The summed E-state index contributed by atoms with van der Waals surface area (Å²) in [7, 11) is 4.09. The molecule has 2 unspecified atom stereocenters. The second-order valence-corrected chi connectivity index (χ2v) is 7.01. The van der Waals surface area contributed by atoms with Crippen LogP contribution in [0.5, 0.6) is 5.75 Å². The summed E-state index contributed by atoms with van der Waals surface area (Å²) in [6.45, 7) is 7.87. The maximum atomic E-state index is 11.3. The van der Waals surface area contributed by atoms with Crippen molar-refractivity contribution in [1.29, 1.82) is 0 Å². The second kappa shape index (κ2) is 8.00. The number of aliphatic hydroxyl groups is 1. The Kier molecular flexibility index (Phi) is 6.25. The highest BCUT2D eigenvalue weighted by Crippen LogP contribution is 2.35. The van der Waals surface area contributed by atoms with E-state index in [1.807, 2.05) is 20.2 Å². The van der Waals surface area contributed by atoms with Crippen molar-refractivity contribution >= 4 is 10.8 Å². The summed E-state index contributed by atoms with van der Waals surface area (Å²) >= 11 is 0. The average Bonchev–Trinajstić information content (AvgIpc) is 2.57. The first kappa shape index (κ1) is 18.8. The van der Waals surface area contributed by atoms with Crippen molar-refractivity contribution in [2.45, 2.75) is 39.2 Å². The first-order valence-corrected chi connectivity index (χ1v) is 8.95. The van der Waals surface area contributed by atoms with E-state index < -0.39 is 5.60 Å². The zero-order chi connectivity index (χ0) is 17.7. The van der Waals surface area contributed by atoms with Gasteiger partial charge in [-0.1, -0.05) is 39.0 Å². The molecule has 3 nitrogen and oxygen atoms in total. The Hall–Kier alpha value is -1.58. The van der Waals surface area contributed by atoms with Crippen molar-refractivity contribution in [3.05, 3.63) is 42.0 Å². The van der Waals surface area contributed by atoms with Crippen molar-refractivity contribution in [1.82, 2.24) is 4.90 Å². The third-order valence-corrected chi connectivity index (χ3v) is 4.78. The molecule has 0 fully saturated rings. The molecule has 2 atom stereocenters. The molecule has 132 valence electrons. The van der Waals surface area contributed by atoms with E-state index in [1.165, 1.54) is 0 Å². The smallest absolute Gasteiger partial charge is 0.119 e. The summed E-state index contributed by atoms with van der Waals surface area (Å²) in [5, 5.41) is 13.6. The van der Waals surface area contributed by atoms with E-state index in [1.54, 1.807) is 0 Å². The molecule has 0 saturated heterocycles. The van der Waals surface area contributed by atoms with Gasteiger partial charge in [0.25, 0.3) is 0 Å². The lowest BCUT2D eigenvalue weighted by molar-refractivity contribution is -0.0290. The van der Waals surface area contributed by atoms with Crippen LogP contribution in [-0.2, 0) is 5.60 Å². The zero-order valence-electron chi connectivity index (χ0n) is 15.7. The van der Waals surface area contributed by atoms with Gasteiger partial charge >= 0.3 is 0 Å². The summed E-state index contributed by atoms with van der Waals surface area (Å²) in [4.78, 5) is 2.13. The van der Waals surface area contributed by atoms with Gasteiger partial charge in [0, 0.05) is 12.5 Å². The van der Waals surface area contributed by atoms with Crippen LogP contribution in [0.3, 0.4) is 0 Å². The minimum absolute atomic E-state index is 0.155. The molecule has 24 heavy (non-hydrogen) atoms. The summed E-state index contributed by atoms with van der Waals surface area (Å²) in [5.41, 5.74) is 0.185. The largest absolute Gasteiger partial charge is 0.494 e. The molecule has 0 aliphatic rings. The van der Waals surface area contributed by atoms with Gasteiger partial charge in [0.05, 0.1) is 12.2 Å². The fraction of sp³-hybridized carbons (Fsp3) is 0.524. The molecule has 0 aliphatic carbocycles. The fourth-order valence-corrected chi connectivity index (χ4v) is 3.34. The summed E-state index contributed by atoms with van der Waals surface area (Å²) in [6.07, 6.45) is 1.70. The lowest BCUT2D eigenvalue weighted by atomic mass is 9.79. The zero-order valence-corrected chi connectivity index (χ0v) is 15.7. The molecular weight excluding hydrogens is 298 g/mol. The van der Waals surface area contributed by atoms with E-state index in [0.717, 1.165) is 41.7 Å². The van der Waals surface area contributed by atoms with E-state index >= 15 is 0 Å². The molecule has 0 heterocycles. The van der Waals surface area contributed by atoms with Gasteiger partial charge in [-0.15, -0.1) is 0 Å². The molecule has 0 amide bonds. The quantitative estimate of drug-likeness (QED) is 0.778. The maximum Gasteiger partial charge on any atom is 0.119 e. The molecule has 0 radical (unpaired) electrons. The molecule has 3 heteroatoms. The van der Waals surface area contributed by atoms with E-state index in [2.05, 4.69) is 56.0 Å². The summed E-state index contributed by atoms with van der Waals surface area (Å²) in [6, 6.07) is 12.4. The predicted octanol–water partition coefficient (Wildman–Crippen LogP) is 4.42. The molecule has 0 aliphatic heterocycles. The van der Waals surface area contributed by atoms with Crippen LogP contribution in [0.1, 0.15) is 39.2 Å². The first-order chi connectivity index (χ1) is 11.4. The second-order valence-electron chi connectivity index (χ2n) is 7.01. The summed E-state index contributed by atoms with van der Waals surface area (Å²) in [5.74, 6) is 1.06. The molecule has 0 saturated carbocycles. The van der Waals surface area contributed by atoms with Gasteiger partial charge in [-0.2, -0.15) is 0 Å². The SMILES string of the molecule is CCCOc1ccc2cc(C(O)(CC)C(C)CN(C)C)ccc2c1. The normalized spacial score (nSPS) is 15.5. The number of rotatable bonds is 8. The lowest BCUT2D eigenvalue weighted by Crippen LogP contribution is -2.38. The van der Waals surface area contributed by atoms with Crippen LogP contribution >= 0.6 is 0 Å². The highest BCUT2D eigenvalue weighted by molar-refractivity contribution is 5.84. The molecule has 2 aromatic carbocycles. The third-order valence-electron chi connectivity index (χ3n) is 4.78. The van der Waals surface area contributed by atoms with Gasteiger partial charge in [-0.25, -0.2) is 0 Å². The van der Waals surface area contributed by atoms with E-state index in [4.69, 9.17) is 4.74 Å². The number of ether oxygens (including phenoxy) is 1. The Labute approximate surface area is 146 Å². The number of hydrogen-bond donors (Lipinski definition) is 1. The maximum absolute atomic E-state index is 11.3. The minimum Gasteiger partial charge on any atom is -0.494 e. The number of benzene rings is 2. The van der Waals surface area contributed by atoms with Crippen LogP contribution in [0.4, 0.5) is 0 Å². The Morgan fingerprint density at radius 2 is 1.75 bits per heavy atom. The van der Waals surface area contributed by atoms with Crippen molar-refractivity contribution in [2.75, 3.05) is 27.2 Å². The minimum atomic E-state index is -0.810. The highest BCUT2D eigenvalue weighted by atomic mass is 16.5. The topological polar surface area (TPSA) is 32.7 Å². The Balaban J connectivity index is 2.34. The van der Waals surface area contributed by atoms with E-state index in [0.29, 0.717) is 6.42 Å². The first-order valence-electron chi connectivity index (χ1n) is 8.95. The molecule has 1 N–H and O–H groups in total. The monoisotopic (exact) mass is 329 g/mol. The van der Waals surface area contributed by atoms with Crippen LogP contribution in [0.15, 0.2) is 36.4 Å². The average molecular weight is 329 g/mol. The predicted molar refractivity (Wildman–Crippen MR) is 102 cm³/mol. The number of hydrogen-bond acceptors (Lipinski definition) is 3. The third kappa shape index (κ3) is 4.08.